The van der Waals surface area contributed by atoms with Crippen LogP contribution in [0.3, 0.4) is 0 Å². The zero-order valence-electron chi connectivity index (χ0n) is 16.8. The Morgan fingerprint density at radius 1 is 0.828 bits per heavy atom. The van der Waals surface area contributed by atoms with Gasteiger partial charge in [0.15, 0.2) is 0 Å². The number of para-hydroxylation sites is 2. The van der Waals surface area contributed by atoms with E-state index in [1.54, 1.807) is 0 Å². The van der Waals surface area contributed by atoms with Gasteiger partial charge in [-0.1, -0.05) is 60.7 Å². The van der Waals surface area contributed by atoms with Crippen LogP contribution >= 0.6 is 0 Å². The molecule has 0 saturated carbocycles. The lowest BCUT2D eigenvalue weighted by atomic mass is 9.94. The lowest BCUT2D eigenvalue weighted by Crippen LogP contribution is -2.33. The minimum atomic E-state index is -0.794. The third-order valence-electron chi connectivity index (χ3n) is 5.59. The van der Waals surface area contributed by atoms with Gasteiger partial charge in [-0.25, -0.2) is 4.99 Å². The fourth-order valence-electron chi connectivity index (χ4n) is 4.00. The quantitative estimate of drug-likeness (QED) is 0.432. The average molecular weight is 378 g/mol. The smallest absolute Gasteiger partial charge is 0.224 e. The van der Waals surface area contributed by atoms with Crippen molar-refractivity contribution >= 4 is 16.6 Å². The van der Waals surface area contributed by atoms with E-state index in [-0.39, 0.29) is 0 Å². The molecular formula is C26H22N2O. The molecule has 0 saturated heterocycles. The molecule has 2 heterocycles. The van der Waals surface area contributed by atoms with E-state index in [4.69, 9.17) is 14.7 Å². The maximum atomic E-state index is 6.49. The summed E-state index contributed by atoms with van der Waals surface area (Å²) in [5, 5.41) is 1.12. The summed E-state index contributed by atoms with van der Waals surface area (Å²) >= 11 is 0. The molecule has 3 nitrogen and oxygen atoms in total. The van der Waals surface area contributed by atoms with Crippen molar-refractivity contribution in [3.63, 3.8) is 0 Å². The van der Waals surface area contributed by atoms with Crippen LogP contribution in [0, 0.1) is 13.8 Å². The Kier molecular flexibility index (Phi) is 3.99. The summed E-state index contributed by atoms with van der Waals surface area (Å²) < 4.78 is 6.49. The normalized spacial score (nSPS) is 18.1. The number of pyridine rings is 1. The van der Waals surface area contributed by atoms with Crippen LogP contribution in [0.5, 0.6) is 5.75 Å². The lowest BCUT2D eigenvalue weighted by Gasteiger charge is -2.34. The van der Waals surface area contributed by atoms with E-state index in [2.05, 4.69) is 68.4 Å². The highest BCUT2D eigenvalue weighted by Gasteiger charge is 2.35. The fourth-order valence-corrected chi connectivity index (χ4v) is 4.00. The van der Waals surface area contributed by atoms with Gasteiger partial charge in [0.2, 0.25) is 5.72 Å². The molecular weight excluding hydrogens is 356 g/mol. The summed E-state index contributed by atoms with van der Waals surface area (Å²) in [5.41, 5.74) is 6.45. The second kappa shape index (κ2) is 6.56. The van der Waals surface area contributed by atoms with E-state index in [9.17, 15) is 0 Å². The first-order valence-electron chi connectivity index (χ1n) is 9.85. The van der Waals surface area contributed by atoms with Gasteiger partial charge >= 0.3 is 0 Å². The first kappa shape index (κ1) is 17.6. The number of rotatable bonds is 2. The van der Waals surface area contributed by atoms with Gasteiger partial charge in [-0.05, 0) is 37.1 Å². The molecule has 1 atom stereocenters. The van der Waals surface area contributed by atoms with Crippen LogP contribution in [0.1, 0.15) is 34.7 Å². The molecule has 0 spiro atoms. The summed E-state index contributed by atoms with van der Waals surface area (Å²) in [6, 6.07) is 24.8. The summed E-state index contributed by atoms with van der Waals surface area (Å²) in [5.74, 6) is 0.883. The third kappa shape index (κ3) is 2.90. The minimum Gasteiger partial charge on any atom is -0.461 e. The van der Waals surface area contributed by atoms with E-state index in [0.717, 1.165) is 44.6 Å². The topological polar surface area (TPSA) is 34.5 Å². The van der Waals surface area contributed by atoms with Crippen molar-refractivity contribution in [2.45, 2.75) is 26.5 Å². The van der Waals surface area contributed by atoms with Gasteiger partial charge in [0.05, 0.1) is 11.2 Å². The van der Waals surface area contributed by atoms with Crippen molar-refractivity contribution in [2.75, 3.05) is 0 Å². The molecule has 1 unspecified atom stereocenters. The van der Waals surface area contributed by atoms with Crippen LogP contribution in [0.25, 0.3) is 10.9 Å². The zero-order chi connectivity index (χ0) is 20.0. The molecule has 3 heteroatoms. The molecule has 0 N–H and O–H groups in total. The van der Waals surface area contributed by atoms with E-state index < -0.39 is 5.72 Å². The highest BCUT2D eigenvalue weighted by Crippen LogP contribution is 2.40. The van der Waals surface area contributed by atoms with Crippen molar-refractivity contribution < 1.29 is 4.74 Å². The Morgan fingerprint density at radius 3 is 2.41 bits per heavy atom. The molecule has 1 aromatic heterocycles. The second-order valence-electron chi connectivity index (χ2n) is 7.73. The number of hydrogen-bond donors (Lipinski definition) is 0. The summed E-state index contributed by atoms with van der Waals surface area (Å²) in [4.78, 5) is 9.87. The first-order valence-corrected chi connectivity index (χ1v) is 9.85. The molecule has 142 valence electrons. The van der Waals surface area contributed by atoms with Crippen molar-refractivity contribution in [3.8, 4) is 5.75 Å². The highest BCUT2D eigenvalue weighted by atomic mass is 16.5. The maximum Gasteiger partial charge on any atom is 0.224 e. The number of aromatic nitrogens is 1. The van der Waals surface area contributed by atoms with E-state index >= 15 is 0 Å². The number of hydrogen-bond acceptors (Lipinski definition) is 3. The highest BCUT2D eigenvalue weighted by molar-refractivity contribution is 6.16. The molecule has 4 aromatic rings. The van der Waals surface area contributed by atoms with Gasteiger partial charge in [-0.15, -0.1) is 0 Å². The number of aryl methyl sites for hydroxylation is 2. The maximum absolute atomic E-state index is 6.49. The van der Waals surface area contributed by atoms with E-state index in [1.165, 1.54) is 5.56 Å². The number of ether oxygens (including phenoxy) is 1. The van der Waals surface area contributed by atoms with Crippen molar-refractivity contribution in [1.82, 2.24) is 4.98 Å². The molecule has 1 aliphatic heterocycles. The van der Waals surface area contributed by atoms with Gasteiger partial charge in [-0.3, -0.25) is 4.98 Å². The third-order valence-corrected chi connectivity index (χ3v) is 5.59. The van der Waals surface area contributed by atoms with Crippen molar-refractivity contribution in [1.29, 1.82) is 0 Å². The average Bonchev–Trinajstić information content (AvgIpc) is 2.75. The monoisotopic (exact) mass is 378 g/mol. The van der Waals surface area contributed by atoms with Crippen LogP contribution in [0.15, 0.2) is 84.0 Å². The first-order chi connectivity index (χ1) is 14.0. The van der Waals surface area contributed by atoms with E-state index in [1.807, 2.05) is 31.3 Å². The Balaban J connectivity index is 1.76. The van der Waals surface area contributed by atoms with Gasteiger partial charge in [0, 0.05) is 35.2 Å². The van der Waals surface area contributed by atoms with Crippen LogP contribution in [-0.2, 0) is 5.72 Å². The Labute approximate surface area is 170 Å². The molecule has 3 aromatic carbocycles. The van der Waals surface area contributed by atoms with Gasteiger partial charge in [0.1, 0.15) is 5.75 Å². The van der Waals surface area contributed by atoms with Crippen LogP contribution in [-0.4, -0.2) is 10.7 Å². The molecule has 0 aliphatic carbocycles. The number of nitrogens with zero attached hydrogens (tertiary/aromatic N) is 2. The van der Waals surface area contributed by atoms with Gasteiger partial charge in [-0.2, -0.15) is 0 Å². The molecule has 0 radical (unpaired) electrons. The number of fused-ring (bicyclic) bond motifs is 2. The lowest BCUT2D eigenvalue weighted by molar-refractivity contribution is 0.0920. The molecule has 0 bridgehead atoms. The predicted octanol–water partition coefficient (Wildman–Crippen LogP) is 5.95. The Hall–Kier alpha value is -3.46. The largest absolute Gasteiger partial charge is 0.461 e. The fraction of sp³-hybridized carbons (Fsp3) is 0.154. The summed E-state index contributed by atoms with van der Waals surface area (Å²) in [6.07, 6.45) is 1.93. The van der Waals surface area contributed by atoms with Crippen molar-refractivity contribution in [2.24, 2.45) is 4.99 Å². The predicted molar refractivity (Wildman–Crippen MR) is 118 cm³/mol. The number of aliphatic imine (C=N–C) groups is 1. The summed E-state index contributed by atoms with van der Waals surface area (Å²) in [6.45, 7) is 6.19. The second-order valence-corrected chi connectivity index (χ2v) is 7.73. The molecule has 29 heavy (non-hydrogen) atoms. The van der Waals surface area contributed by atoms with Crippen LogP contribution in [0.4, 0.5) is 0 Å². The standard InChI is InChI=1S/C26H22N2O/c1-17-9-7-11-19-15-20(16-27-23(17)19)24-22-14-8-10-18(2)25(22)29-26(3,28-24)21-12-5-4-6-13-21/h4-16H,1-3H3. The molecule has 0 amide bonds. The Bertz CT molecular complexity index is 1260. The SMILES string of the molecule is Cc1cccc2c1OC(C)(c1ccccc1)N=C2c1cnc2c(C)cccc2c1. The van der Waals surface area contributed by atoms with Gasteiger partial charge in [0.25, 0.3) is 0 Å². The zero-order valence-corrected chi connectivity index (χ0v) is 16.8. The van der Waals surface area contributed by atoms with Crippen LogP contribution in [0.2, 0.25) is 0 Å². The molecule has 0 fully saturated rings. The van der Waals surface area contributed by atoms with Crippen molar-refractivity contribution in [3.05, 3.63) is 107 Å². The minimum absolute atomic E-state index is 0.794. The number of benzene rings is 3. The summed E-state index contributed by atoms with van der Waals surface area (Å²) in [7, 11) is 0. The van der Waals surface area contributed by atoms with Gasteiger partial charge < -0.3 is 4.74 Å². The van der Waals surface area contributed by atoms with Crippen LogP contribution < -0.4 is 4.74 Å². The molecule has 1 aliphatic rings. The Morgan fingerprint density at radius 2 is 1.59 bits per heavy atom. The molecule has 5 rings (SSSR count). The van der Waals surface area contributed by atoms with E-state index in [0.29, 0.717) is 0 Å².